The van der Waals surface area contributed by atoms with Crippen LogP contribution in [0.4, 0.5) is 0 Å². The van der Waals surface area contributed by atoms with E-state index >= 15 is 0 Å². The Morgan fingerprint density at radius 1 is 1.24 bits per heavy atom. The van der Waals surface area contributed by atoms with Crippen molar-refractivity contribution in [1.29, 1.82) is 0 Å². The van der Waals surface area contributed by atoms with E-state index < -0.39 is 0 Å². The molecule has 2 aromatic carbocycles. The first kappa shape index (κ1) is 17.5. The largest absolute Gasteiger partial charge is 0.496 e. The lowest BCUT2D eigenvalue weighted by molar-refractivity contribution is 0.0680. The molecule has 1 aliphatic heterocycles. The zero-order valence-corrected chi connectivity index (χ0v) is 16.3. The summed E-state index contributed by atoms with van der Waals surface area (Å²) in [7, 11) is 1.66. The highest BCUT2D eigenvalue weighted by Gasteiger charge is 2.36. The Morgan fingerprint density at radius 3 is 2.86 bits per heavy atom. The fourth-order valence-electron chi connectivity index (χ4n) is 4.32. The number of H-pyrrole nitrogens is 2. The molecule has 1 unspecified atom stereocenters. The predicted molar refractivity (Wildman–Crippen MR) is 109 cm³/mol. The van der Waals surface area contributed by atoms with Gasteiger partial charge in [-0.05, 0) is 48.2 Å². The van der Waals surface area contributed by atoms with Crippen molar-refractivity contribution in [2.75, 3.05) is 13.7 Å². The number of amides is 1. The summed E-state index contributed by atoms with van der Waals surface area (Å²) < 4.78 is 5.43. The van der Waals surface area contributed by atoms with Gasteiger partial charge in [0.1, 0.15) is 12.1 Å². The molecule has 0 aliphatic carbocycles. The molecule has 7 nitrogen and oxygen atoms in total. The van der Waals surface area contributed by atoms with Crippen LogP contribution in [-0.2, 0) is 6.42 Å². The van der Waals surface area contributed by atoms with Crippen molar-refractivity contribution < 1.29 is 9.53 Å². The number of nitrogens with zero attached hydrogens (tertiary/aromatic N) is 3. The van der Waals surface area contributed by atoms with Crippen LogP contribution in [0.1, 0.15) is 39.0 Å². The average molecular weight is 387 g/mol. The van der Waals surface area contributed by atoms with Crippen molar-refractivity contribution in [1.82, 2.24) is 25.1 Å². The summed E-state index contributed by atoms with van der Waals surface area (Å²) in [5.41, 5.74) is 5.46. The molecule has 0 radical (unpaired) electrons. The van der Waals surface area contributed by atoms with Crippen LogP contribution in [0.15, 0.2) is 48.8 Å². The van der Waals surface area contributed by atoms with Gasteiger partial charge in [-0.15, -0.1) is 0 Å². The summed E-state index contributed by atoms with van der Waals surface area (Å²) >= 11 is 0. The first-order chi connectivity index (χ1) is 14.2. The molecule has 2 aromatic heterocycles. The normalized spacial score (nSPS) is 16.1. The summed E-state index contributed by atoms with van der Waals surface area (Å²) in [5.74, 6) is 0.916. The second-order valence-corrected chi connectivity index (χ2v) is 7.28. The molecule has 29 heavy (non-hydrogen) atoms. The van der Waals surface area contributed by atoms with E-state index in [0.717, 1.165) is 34.5 Å². The van der Waals surface area contributed by atoms with Crippen LogP contribution < -0.4 is 4.74 Å². The van der Waals surface area contributed by atoms with Crippen LogP contribution >= 0.6 is 0 Å². The Balaban J connectivity index is 1.68. The Labute approximate surface area is 167 Å². The fourth-order valence-corrected chi connectivity index (χ4v) is 4.32. The molecule has 0 saturated heterocycles. The maximum absolute atomic E-state index is 13.2. The van der Waals surface area contributed by atoms with E-state index in [1.165, 1.54) is 17.3 Å². The van der Waals surface area contributed by atoms with Gasteiger partial charge in [-0.2, -0.15) is 5.10 Å². The van der Waals surface area contributed by atoms with Crippen molar-refractivity contribution in [2.45, 2.75) is 19.4 Å². The van der Waals surface area contributed by atoms with Crippen LogP contribution in [0.2, 0.25) is 0 Å². The Kier molecular flexibility index (Phi) is 4.08. The van der Waals surface area contributed by atoms with Gasteiger partial charge in [0.05, 0.1) is 13.2 Å². The van der Waals surface area contributed by atoms with E-state index in [2.05, 4.69) is 44.4 Å². The predicted octanol–water partition coefficient (Wildman–Crippen LogP) is 3.39. The molecule has 0 saturated carbocycles. The number of methoxy groups -OCH3 is 1. The molecule has 7 heteroatoms. The summed E-state index contributed by atoms with van der Waals surface area (Å²) in [6.07, 6.45) is 2.14. The fraction of sp³-hybridized carbons (Fsp3) is 0.227. The Hall–Kier alpha value is -3.61. The molecule has 2 N–H and O–H groups in total. The molecule has 3 heterocycles. The molecular weight excluding hydrogens is 366 g/mol. The number of nitrogens with one attached hydrogen (secondary N) is 2. The topological polar surface area (TPSA) is 86.9 Å². The zero-order valence-electron chi connectivity index (χ0n) is 16.3. The number of aryl methyl sites for hydroxylation is 1. The number of ether oxygens (including phenoxy) is 1. The second-order valence-electron chi connectivity index (χ2n) is 7.28. The minimum atomic E-state index is -0.242. The molecule has 146 valence electrons. The van der Waals surface area contributed by atoms with Crippen LogP contribution in [0.3, 0.4) is 0 Å². The molecule has 0 bridgehead atoms. The van der Waals surface area contributed by atoms with Gasteiger partial charge in [-0.1, -0.05) is 24.3 Å². The summed E-state index contributed by atoms with van der Waals surface area (Å²) in [6.45, 7) is 2.62. The lowest BCUT2D eigenvalue weighted by Crippen LogP contribution is -2.41. The molecule has 1 aliphatic rings. The minimum absolute atomic E-state index is 0.162. The van der Waals surface area contributed by atoms with Gasteiger partial charge in [0.15, 0.2) is 0 Å². The smallest absolute Gasteiger partial charge is 0.292 e. The number of aromatic nitrogens is 4. The molecular formula is C22H21N5O2. The highest BCUT2D eigenvalue weighted by molar-refractivity contribution is 5.92. The average Bonchev–Trinajstić information content (AvgIpc) is 3.40. The third-order valence-electron chi connectivity index (χ3n) is 5.65. The lowest BCUT2D eigenvalue weighted by Gasteiger charge is -2.36. The third-order valence-corrected chi connectivity index (χ3v) is 5.65. The number of fused-ring (bicyclic) bond motifs is 3. The number of hydrogen-bond acceptors (Lipinski definition) is 4. The van der Waals surface area contributed by atoms with Crippen molar-refractivity contribution in [3.63, 3.8) is 0 Å². The van der Waals surface area contributed by atoms with E-state index in [1.807, 2.05) is 30.0 Å². The van der Waals surface area contributed by atoms with Crippen LogP contribution in [0.25, 0.3) is 10.9 Å². The van der Waals surface area contributed by atoms with E-state index in [-0.39, 0.29) is 17.8 Å². The molecule has 0 spiro atoms. The van der Waals surface area contributed by atoms with Gasteiger partial charge >= 0.3 is 0 Å². The van der Waals surface area contributed by atoms with Gasteiger partial charge in [0.2, 0.25) is 5.82 Å². The molecule has 4 aromatic rings. The number of para-hydroxylation sites is 1. The van der Waals surface area contributed by atoms with Crippen molar-refractivity contribution in [3.8, 4) is 5.75 Å². The van der Waals surface area contributed by atoms with Crippen molar-refractivity contribution in [2.24, 2.45) is 0 Å². The monoisotopic (exact) mass is 387 g/mol. The zero-order chi connectivity index (χ0) is 20.0. The van der Waals surface area contributed by atoms with Crippen molar-refractivity contribution >= 4 is 16.8 Å². The van der Waals surface area contributed by atoms with Gasteiger partial charge in [0, 0.05) is 23.1 Å². The minimum Gasteiger partial charge on any atom is -0.496 e. The number of rotatable bonds is 3. The molecule has 5 rings (SSSR count). The molecule has 0 fully saturated rings. The molecule has 1 atom stereocenters. The van der Waals surface area contributed by atoms with Gasteiger partial charge in [-0.25, -0.2) is 4.98 Å². The first-order valence-electron chi connectivity index (χ1n) is 9.57. The quantitative estimate of drug-likeness (QED) is 0.564. The standard InChI is InChI=1S/C22H21N5O2/c1-13-11-14(7-8-18(13)29-2)20-19-16(15-5-3-4-6-17(15)25-19)9-10-27(20)22(28)21-23-12-24-26-21/h3-8,11-12,20,25H,9-10H2,1-2H3,(H,23,24,26). The van der Waals surface area contributed by atoms with E-state index in [9.17, 15) is 4.79 Å². The summed E-state index contributed by atoms with van der Waals surface area (Å²) in [6, 6.07) is 14.1. The first-order valence-corrected chi connectivity index (χ1v) is 9.57. The highest BCUT2D eigenvalue weighted by atomic mass is 16.5. The molecule has 1 amide bonds. The Morgan fingerprint density at radius 2 is 2.10 bits per heavy atom. The SMILES string of the molecule is COc1ccc(C2c3[nH]c4ccccc4c3CCN2C(=O)c2ncn[nH]2)cc1C. The number of aromatic amines is 2. The Bertz CT molecular complexity index is 1200. The number of hydrogen-bond donors (Lipinski definition) is 2. The highest BCUT2D eigenvalue weighted by Crippen LogP contribution is 2.39. The maximum Gasteiger partial charge on any atom is 0.292 e. The summed E-state index contributed by atoms with van der Waals surface area (Å²) in [5, 5.41) is 7.76. The van der Waals surface area contributed by atoms with Gasteiger partial charge in [0.25, 0.3) is 5.91 Å². The number of carbonyl (C=O) groups is 1. The maximum atomic E-state index is 13.2. The lowest BCUT2D eigenvalue weighted by atomic mass is 9.91. The van der Waals surface area contributed by atoms with Crippen LogP contribution in [0, 0.1) is 6.92 Å². The van der Waals surface area contributed by atoms with Crippen LogP contribution in [0.5, 0.6) is 5.75 Å². The van der Waals surface area contributed by atoms with Gasteiger partial charge in [-0.3, -0.25) is 9.89 Å². The van der Waals surface area contributed by atoms with Crippen LogP contribution in [-0.4, -0.2) is 44.6 Å². The van der Waals surface area contributed by atoms with Gasteiger partial charge < -0.3 is 14.6 Å². The second kappa shape index (κ2) is 6.77. The van der Waals surface area contributed by atoms with E-state index in [4.69, 9.17) is 4.74 Å². The van der Waals surface area contributed by atoms with E-state index in [0.29, 0.717) is 6.54 Å². The third kappa shape index (κ3) is 2.77. The van der Waals surface area contributed by atoms with E-state index in [1.54, 1.807) is 7.11 Å². The van der Waals surface area contributed by atoms with Crippen molar-refractivity contribution in [3.05, 3.63) is 77.0 Å². The number of benzene rings is 2. The summed E-state index contributed by atoms with van der Waals surface area (Å²) in [4.78, 5) is 22.7. The number of carbonyl (C=O) groups excluding carboxylic acids is 1.